The van der Waals surface area contributed by atoms with E-state index in [4.69, 9.17) is 4.74 Å². The molecule has 0 heterocycles. The quantitative estimate of drug-likeness (QED) is 0.633. The normalized spacial score (nSPS) is 11.3. The number of aryl methyl sites for hydroxylation is 2. The van der Waals surface area contributed by atoms with E-state index in [1.165, 1.54) is 0 Å². The van der Waals surface area contributed by atoms with Gasteiger partial charge in [0.2, 0.25) is 0 Å². The maximum Gasteiger partial charge on any atom is 0.277 e. The van der Waals surface area contributed by atoms with Crippen molar-refractivity contribution < 1.29 is 9.53 Å². The molecule has 0 bridgehead atoms. The van der Waals surface area contributed by atoms with E-state index in [0.29, 0.717) is 0 Å². The second-order valence-corrected chi connectivity index (χ2v) is 4.64. The molecule has 0 spiro atoms. The van der Waals surface area contributed by atoms with Crippen LogP contribution in [0, 0.1) is 13.8 Å². The van der Waals surface area contributed by atoms with Gasteiger partial charge < -0.3 is 4.74 Å². The first kappa shape index (κ1) is 15.2. The summed E-state index contributed by atoms with van der Waals surface area (Å²) in [6.07, 6.45) is 1.90. The summed E-state index contributed by atoms with van der Waals surface area (Å²) >= 11 is 0. The third-order valence-corrected chi connectivity index (χ3v) is 2.74. The number of nitrogens with one attached hydrogen (secondary N) is 1. The Morgan fingerprint density at radius 3 is 2.53 bits per heavy atom. The zero-order valence-electron chi connectivity index (χ0n) is 12.1. The number of ether oxygens (including phenoxy) is 1. The van der Waals surface area contributed by atoms with Crippen LogP contribution in [0.5, 0.6) is 5.75 Å². The molecule has 1 amide bonds. The van der Waals surface area contributed by atoms with Crippen molar-refractivity contribution in [2.24, 2.45) is 5.10 Å². The smallest absolute Gasteiger partial charge is 0.277 e. The minimum Gasteiger partial charge on any atom is -0.483 e. The summed E-state index contributed by atoms with van der Waals surface area (Å²) in [5, 5.41) is 4.01. The summed E-state index contributed by atoms with van der Waals surface area (Å²) in [6, 6.07) is 5.89. The van der Waals surface area contributed by atoms with Gasteiger partial charge in [-0.15, -0.1) is 0 Å². The molecule has 0 saturated heterocycles. The monoisotopic (exact) mass is 262 g/mol. The van der Waals surface area contributed by atoms with E-state index in [2.05, 4.69) is 17.5 Å². The zero-order valence-corrected chi connectivity index (χ0v) is 12.1. The van der Waals surface area contributed by atoms with Crippen LogP contribution in [0.25, 0.3) is 0 Å². The predicted octanol–water partition coefficient (Wildman–Crippen LogP) is 2.97. The fourth-order valence-electron chi connectivity index (χ4n) is 1.77. The van der Waals surface area contributed by atoms with Gasteiger partial charge in [-0.25, -0.2) is 5.43 Å². The van der Waals surface area contributed by atoms with Crippen molar-refractivity contribution >= 4 is 11.6 Å². The highest BCUT2D eigenvalue weighted by atomic mass is 16.5. The number of hydrogen-bond donors (Lipinski definition) is 1. The summed E-state index contributed by atoms with van der Waals surface area (Å²) in [4.78, 5) is 11.6. The number of amides is 1. The van der Waals surface area contributed by atoms with Gasteiger partial charge in [0, 0.05) is 5.71 Å². The highest BCUT2D eigenvalue weighted by molar-refractivity contribution is 5.84. The molecule has 4 nitrogen and oxygen atoms in total. The van der Waals surface area contributed by atoms with Crippen LogP contribution in [0.2, 0.25) is 0 Å². The highest BCUT2D eigenvalue weighted by Crippen LogP contribution is 2.21. The van der Waals surface area contributed by atoms with Crippen molar-refractivity contribution in [1.29, 1.82) is 0 Å². The summed E-state index contributed by atoms with van der Waals surface area (Å²) in [5.74, 6) is 0.532. The van der Waals surface area contributed by atoms with E-state index in [0.717, 1.165) is 35.4 Å². The lowest BCUT2D eigenvalue weighted by atomic mass is 10.1. The number of para-hydroxylation sites is 1. The summed E-state index contributed by atoms with van der Waals surface area (Å²) in [7, 11) is 0. The summed E-state index contributed by atoms with van der Waals surface area (Å²) in [6.45, 7) is 7.88. The molecule has 0 aliphatic heterocycles. The van der Waals surface area contributed by atoms with Crippen molar-refractivity contribution in [2.45, 2.75) is 40.5 Å². The van der Waals surface area contributed by atoms with Crippen LogP contribution in [-0.4, -0.2) is 18.2 Å². The topological polar surface area (TPSA) is 50.7 Å². The standard InChI is InChI=1S/C15H22N2O2/c1-5-7-13(4)16-17-14(18)10-19-15-11(2)8-6-9-12(15)3/h6,8-9H,5,7,10H2,1-4H3,(H,17,18)/b16-13+. The minimum absolute atomic E-state index is 0.0192. The highest BCUT2D eigenvalue weighted by Gasteiger charge is 2.06. The lowest BCUT2D eigenvalue weighted by Gasteiger charge is -2.11. The molecule has 0 aliphatic carbocycles. The van der Waals surface area contributed by atoms with Crippen molar-refractivity contribution in [1.82, 2.24) is 5.43 Å². The fourth-order valence-corrected chi connectivity index (χ4v) is 1.77. The fraction of sp³-hybridized carbons (Fsp3) is 0.467. The van der Waals surface area contributed by atoms with Crippen LogP contribution in [0.15, 0.2) is 23.3 Å². The Morgan fingerprint density at radius 2 is 1.95 bits per heavy atom. The lowest BCUT2D eigenvalue weighted by Crippen LogP contribution is -2.25. The molecule has 1 rings (SSSR count). The molecule has 1 N–H and O–H groups in total. The molecule has 0 radical (unpaired) electrons. The Hall–Kier alpha value is -1.84. The van der Waals surface area contributed by atoms with Gasteiger partial charge in [-0.2, -0.15) is 5.10 Å². The van der Waals surface area contributed by atoms with Gasteiger partial charge in [-0.1, -0.05) is 31.5 Å². The van der Waals surface area contributed by atoms with Crippen molar-refractivity contribution in [3.05, 3.63) is 29.3 Å². The molecule has 4 heteroatoms. The van der Waals surface area contributed by atoms with E-state index in [1.807, 2.05) is 39.0 Å². The number of carbonyl (C=O) groups is 1. The van der Waals surface area contributed by atoms with Crippen LogP contribution in [0.3, 0.4) is 0 Å². The predicted molar refractivity (Wildman–Crippen MR) is 77.6 cm³/mol. The Balaban J connectivity index is 2.49. The van der Waals surface area contributed by atoms with Gasteiger partial charge in [0.05, 0.1) is 0 Å². The second-order valence-electron chi connectivity index (χ2n) is 4.64. The number of carbonyl (C=O) groups excluding carboxylic acids is 1. The lowest BCUT2D eigenvalue weighted by molar-refractivity contribution is -0.123. The molecule has 1 aromatic rings. The molecule has 0 atom stereocenters. The number of hydrazone groups is 1. The van der Waals surface area contributed by atoms with Crippen LogP contribution < -0.4 is 10.2 Å². The van der Waals surface area contributed by atoms with E-state index < -0.39 is 0 Å². The number of hydrogen-bond acceptors (Lipinski definition) is 3. The average molecular weight is 262 g/mol. The maximum atomic E-state index is 11.6. The largest absolute Gasteiger partial charge is 0.483 e. The van der Waals surface area contributed by atoms with Crippen molar-refractivity contribution in [3.63, 3.8) is 0 Å². The van der Waals surface area contributed by atoms with Crippen LogP contribution in [0.4, 0.5) is 0 Å². The average Bonchev–Trinajstić information content (AvgIpc) is 2.36. The SMILES string of the molecule is CCC/C(C)=N/NC(=O)COc1c(C)cccc1C. The Morgan fingerprint density at radius 1 is 1.32 bits per heavy atom. The van der Waals surface area contributed by atoms with E-state index >= 15 is 0 Å². The number of rotatable bonds is 6. The molecule has 0 saturated carbocycles. The zero-order chi connectivity index (χ0) is 14.3. The number of benzene rings is 1. The summed E-state index contributed by atoms with van der Waals surface area (Å²) < 4.78 is 5.54. The molecular formula is C15H22N2O2. The van der Waals surface area contributed by atoms with Gasteiger partial charge >= 0.3 is 0 Å². The second kappa shape index (κ2) is 7.56. The minimum atomic E-state index is -0.238. The maximum absolute atomic E-state index is 11.6. The van der Waals surface area contributed by atoms with Crippen LogP contribution in [-0.2, 0) is 4.79 Å². The van der Waals surface area contributed by atoms with Crippen LogP contribution in [0.1, 0.15) is 37.8 Å². The van der Waals surface area contributed by atoms with Crippen molar-refractivity contribution in [2.75, 3.05) is 6.61 Å². The van der Waals surface area contributed by atoms with Crippen molar-refractivity contribution in [3.8, 4) is 5.75 Å². The molecule has 0 fully saturated rings. The van der Waals surface area contributed by atoms with E-state index in [1.54, 1.807) is 0 Å². The molecule has 0 unspecified atom stereocenters. The van der Waals surface area contributed by atoms with Gasteiger partial charge in [-0.3, -0.25) is 4.79 Å². The van der Waals surface area contributed by atoms with E-state index in [9.17, 15) is 4.79 Å². The third-order valence-electron chi connectivity index (χ3n) is 2.74. The first-order chi connectivity index (χ1) is 9.04. The Kier molecular flexibility index (Phi) is 6.06. The first-order valence-electron chi connectivity index (χ1n) is 6.55. The number of nitrogens with zero attached hydrogens (tertiary/aromatic N) is 1. The molecular weight excluding hydrogens is 240 g/mol. The Labute approximate surface area is 114 Å². The molecule has 19 heavy (non-hydrogen) atoms. The Bertz CT molecular complexity index is 447. The first-order valence-corrected chi connectivity index (χ1v) is 6.55. The van der Waals surface area contributed by atoms with Gasteiger partial charge in [0.15, 0.2) is 6.61 Å². The molecule has 1 aromatic carbocycles. The van der Waals surface area contributed by atoms with Gasteiger partial charge in [0.25, 0.3) is 5.91 Å². The molecule has 0 aliphatic rings. The molecule has 0 aromatic heterocycles. The van der Waals surface area contributed by atoms with E-state index in [-0.39, 0.29) is 12.5 Å². The third kappa shape index (κ3) is 5.12. The van der Waals surface area contributed by atoms with Gasteiger partial charge in [0.1, 0.15) is 5.75 Å². The van der Waals surface area contributed by atoms with Gasteiger partial charge in [-0.05, 0) is 38.3 Å². The summed E-state index contributed by atoms with van der Waals surface area (Å²) in [5.41, 5.74) is 5.47. The van der Waals surface area contributed by atoms with Crippen LogP contribution >= 0.6 is 0 Å². The molecule has 104 valence electrons.